The lowest BCUT2D eigenvalue weighted by molar-refractivity contribution is -0.382. The summed E-state index contributed by atoms with van der Waals surface area (Å²) >= 11 is -0.217. The van der Waals surface area contributed by atoms with Gasteiger partial charge < -0.3 is 0 Å². The predicted molar refractivity (Wildman–Crippen MR) is 98.2 cm³/mol. The second kappa shape index (κ2) is 8.45. The lowest BCUT2D eigenvalue weighted by atomic mass is 9.62. The summed E-state index contributed by atoms with van der Waals surface area (Å²) in [6.07, 6.45) is -1.96. The Balaban J connectivity index is 1.72. The summed E-state index contributed by atoms with van der Waals surface area (Å²) in [6, 6.07) is 0. The van der Waals surface area contributed by atoms with Crippen LogP contribution in [0.2, 0.25) is 0 Å². The van der Waals surface area contributed by atoms with Crippen LogP contribution in [0.25, 0.3) is 0 Å². The fraction of sp³-hybridized carbons (Fsp3) is 0.944. The van der Waals surface area contributed by atoms with E-state index in [0.29, 0.717) is 32.1 Å². The highest BCUT2D eigenvalue weighted by Crippen LogP contribution is 2.64. The molecule has 0 aromatic rings. The minimum absolute atomic E-state index is 0.0490. The van der Waals surface area contributed by atoms with Gasteiger partial charge in [0, 0.05) is 30.1 Å². The molecule has 0 aliphatic heterocycles. The number of halogens is 9. The molecule has 0 heterocycles. The quantitative estimate of drug-likeness (QED) is 0.283. The molecule has 4 nitrogen and oxygen atoms in total. The second-order valence-electron chi connectivity index (χ2n) is 9.01. The van der Waals surface area contributed by atoms with Crippen LogP contribution in [0.3, 0.4) is 0 Å². The van der Waals surface area contributed by atoms with Crippen molar-refractivity contribution in [3.63, 3.8) is 0 Å². The van der Waals surface area contributed by atoms with Crippen molar-refractivity contribution in [3.05, 3.63) is 0 Å². The molecule has 192 valence electrons. The summed E-state index contributed by atoms with van der Waals surface area (Å²) in [5.41, 5.74) is -0.516. The van der Waals surface area contributed by atoms with E-state index in [1.165, 1.54) is 0 Å². The molecule has 15 heteroatoms. The fourth-order valence-electron chi connectivity index (χ4n) is 5.58. The molecule has 0 N–H and O–H groups in total. The van der Waals surface area contributed by atoms with Crippen molar-refractivity contribution in [2.24, 2.45) is 23.2 Å². The average molecular weight is 536 g/mol. The Kier molecular flexibility index (Phi) is 6.89. The van der Waals surface area contributed by atoms with Crippen LogP contribution in [0.1, 0.15) is 51.4 Å². The second-order valence-corrected chi connectivity index (χ2v) is 11.5. The molecular weight excluding hydrogens is 515 g/mol. The van der Waals surface area contributed by atoms with Gasteiger partial charge in [-0.05, 0) is 55.8 Å². The first-order chi connectivity index (χ1) is 14.9. The minimum Gasteiger partial charge on any atom is -0.299 e. The minimum atomic E-state index is -7.33. The van der Waals surface area contributed by atoms with Gasteiger partial charge in [-0.2, -0.15) is 51.6 Å². The van der Waals surface area contributed by atoms with Crippen molar-refractivity contribution in [2.75, 3.05) is 5.75 Å². The van der Waals surface area contributed by atoms with Crippen molar-refractivity contribution in [2.45, 2.75) is 74.6 Å². The van der Waals surface area contributed by atoms with Crippen molar-refractivity contribution in [1.82, 2.24) is 0 Å². The van der Waals surface area contributed by atoms with E-state index in [9.17, 15) is 52.7 Å². The molecule has 3 rings (SSSR count). The Morgan fingerprint density at radius 3 is 2.15 bits per heavy atom. The molecule has 3 fully saturated rings. The number of ketones is 1. The van der Waals surface area contributed by atoms with Crippen molar-refractivity contribution in [1.29, 1.82) is 0 Å². The van der Waals surface area contributed by atoms with Crippen LogP contribution in [0.15, 0.2) is 0 Å². The van der Waals surface area contributed by atoms with E-state index < -0.39 is 38.8 Å². The number of carbonyl (C=O) groups excluding carboxylic acids is 1. The Labute approximate surface area is 188 Å². The van der Waals surface area contributed by atoms with Crippen LogP contribution in [-0.2, 0) is 18.5 Å². The molecule has 3 aliphatic rings. The number of hydrogen-bond acceptors (Lipinski definition) is 5. The van der Waals surface area contributed by atoms with E-state index in [2.05, 4.69) is 3.63 Å². The summed E-state index contributed by atoms with van der Waals surface area (Å²) in [4.78, 5) is 12.5. The van der Waals surface area contributed by atoms with Crippen molar-refractivity contribution < 1.29 is 56.4 Å². The zero-order valence-electron chi connectivity index (χ0n) is 16.9. The van der Waals surface area contributed by atoms with E-state index >= 15 is 0 Å². The lowest BCUT2D eigenvalue weighted by Gasteiger charge is -2.42. The normalized spacial score (nSPS) is 31.9. The molecule has 0 spiro atoms. The zero-order valence-corrected chi connectivity index (χ0v) is 18.6. The average Bonchev–Trinajstić information content (AvgIpc) is 3.26. The van der Waals surface area contributed by atoms with Gasteiger partial charge in [0.1, 0.15) is 5.78 Å². The molecule has 0 radical (unpaired) electrons. The van der Waals surface area contributed by atoms with Crippen LogP contribution in [0, 0.1) is 23.2 Å². The molecule has 3 saturated carbocycles. The topological polar surface area (TPSA) is 60.4 Å². The smallest absolute Gasteiger partial charge is 0.299 e. The fourth-order valence-corrected chi connectivity index (χ4v) is 7.73. The summed E-state index contributed by atoms with van der Waals surface area (Å²) < 4.78 is 144. The van der Waals surface area contributed by atoms with Crippen LogP contribution in [0.5, 0.6) is 0 Å². The number of rotatable bonds is 8. The van der Waals surface area contributed by atoms with E-state index in [-0.39, 0.29) is 41.3 Å². The maximum Gasteiger partial charge on any atom is 0.460 e. The van der Waals surface area contributed by atoms with Crippen LogP contribution < -0.4 is 0 Å². The Bertz CT molecular complexity index is 875. The van der Waals surface area contributed by atoms with E-state index in [1.54, 1.807) is 0 Å². The van der Waals surface area contributed by atoms with E-state index in [0.717, 1.165) is 19.3 Å². The molecular formula is C18H21F9O4S2. The third-order valence-corrected chi connectivity index (χ3v) is 9.73. The third-order valence-electron chi connectivity index (χ3n) is 7.20. The number of alkyl halides is 9. The molecule has 4 unspecified atom stereocenters. The first-order valence-corrected chi connectivity index (χ1v) is 12.5. The van der Waals surface area contributed by atoms with Crippen molar-refractivity contribution >= 4 is 27.9 Å². The molecule has 0 aromatic heterocycles. The summed E-state index contributed by atoms with van der Waals surface area (Å²) in [6.45, 7) is 0. The summed E-state index contributed by atoms with van der Waals surface area (Å²) in [5.74, 6) is -15.4. The first-order valence-electron chi connectivity index (χ1n) is 10.2. The van der Waals surface area contributed by atoms with Crippen LogP contribution in [0.4, 0.5) is 39.5 Å². The molecule has 3 aliphatic carbocycles. The third kappa shape index (κ3) is 4.17. The van der Waals surface area contributed by atoms with Gasteiger partial charge in [0.25, 0.3) is 0 Å². The number of hydrogen-bond donors (Lipinski definition) is 0. The van der Waals surface area contributed by atoms with Gasteiger partial charge in [-0.3, -0.25) is 4.79 Å². The maximum atomic E-state index is 13.8. The SMILES string of the molecule is O=C1CCCCC1C12CCC(CC1CSOS(=O)(=O)C(F)(F)C(F)(F)C(F)(F)C(F)(F)F)C2. The van der Waals surface area contributed by atoms with Gasteiger partial charge in [0.05, 0.1) is 0 Å². The molecule has 2 bridgehead atoms. The largest absolute Gasteiger partial charge is 0.460 e. The highest BCUT2D eigenvalue weighted by molar-refractivity contribution is 8.04. The molecule has 0 saturated heterocycles. The Hall–Kier alpha value is -0.700. The number of carbonyl (C=O) groups is 1. The summed E-state index contributed by atoms with van der Waals surface area (Å²) in [7, 11) is -6.89. The predicted octanol–water partition coefficient (Wildman–Crippen LogP) is 5.97. The van der Waals surface area contributed by atoms with Crippen molar-refractivity contribution in [3.8, 4) is 0 Å². The number of fused-ring (bicyclic) bond motifs is 2. The van der Waals surface area contributed by atoms with Gasteiger partial charge in [-0.25, -0.2) is 0 Å². The van der Waals surface area contributed by atoms with Gasteiger partial charge in [-0.1, -0.05) is 6.42 Å². The Morgan fingerprint density at radius 2 is 1.61 bits per heavy atom. The lowest BCUT2D eigenvalue weighted by Crippen LogP contribution is -2.63. The monoisotopic (exact) mass is 536 g/mol. The standard InChI is InChI=1S/C18H21F9O4S2/c19-15(20,17(23,24)25)16(21,22)18(26,27)33(29,30)31-32-9-11-7-10-5-6-14(11,8-10)12-3-1-2-4-13(12)28/h10-12H,1-9H2. The molecule has 0 aromatic carbocycles. The van der Waals surface area contributed by atoms with Crippen LogP contribution >= 0.6 is 12.0 Å². The maximum absolute atomic E-state index is 13.8. The molecule has 0 amide bonds. The highest BCUT2D eigenvalue weighted by atomic mass is 32.3. The van der Waals surface area contributed by atoms with Gasteiger partial charge in [-0.15, -0.1) is 0 Å². The molecule has 33 heavy (non-hydrogen) atoms. The highest BCUT2D eigenvalue weighted by Gasteiger charge is 2.86. The van der Waals surface area contributed by atoms with E-state index in [4.69, 9.17) is 0 Å². The Morgan fingerprint density at radius 1 is 0.970 bits per heavy atom. The zero-order chi connectivity index (χ0) is 25.1. The van der Waals surface area contributed by atoms with E-state index in [1.807, 2.05) is 0 Å². The first kappa shape index (κ1) is 26.9. The van der Waals surface area contributed by atoms with Gasteiger partial charge in [0.15, 0.2) is 0 Å². The van der Waals surface area contributed by atoms with Gasteiger partial charge in [0.2, 0.25) is 0 Å². The summed E-state index contributed by atoms with van der Waals surface area (Å²) in [5, 5.41) is -6.86. The van der Waals surface area contributed by atoms with Crippen LogP contribution in [-0.4, -0.2) is 43.2 Å². The number of Topliss-reactive ketones (excluding diaryl/α,β-unsaturated/α-hetero) is 1. The van der Waals surface area contributed by atoms with Gasteiger partial charge >= 0.3 is 33.4 Å². The molecule has 4 atom stereocenters.